The number of pyridine rings is 1. The number of thiazole rings is 1. The Morgan fingerprint density at radius 1 is 1.07 bits per heavy atom. The van der Waals surface area contributed by atoms with Gasteiger partial charge in [-0.05, 0) is 39.3 Å². The number of fused-ring (bicyclic) bond motifs is 1. The highest BCUT2D eigenvalue weighted by atomic mass is 32.1. The van der Waals surface area contributed by atoms with Gasteiger partial charge in [-0.25, -0.2) is 9.97 Å². The lowest BCUT2D eigenvalue weighted by atomic mass is 10.1. The fourth-order valence-electron chi connectivity index (χ4n) is 5.04. The first kappa shape index (κ1) is 28.9. The smallest absolute Gasteiger partial charge is 0.405 e. The summed E-state index contributed by atoms with van der Waals surface area (Å²) in [5.41, 5.74) is 2.82. The van der Waals surface area contributed by atoms with E-state index in [9.17, 15) is 28.5 Å². The number of nitrogens with zero attached hydrogens (tertiary/aromatic N) is 4. The molecule has 0 amide bonds. The maximum Gasteiger partial charge on any atom is 0.573 e. The molecule has 1 aliphatic rings. The van der Waals surface area contributed by atoms with Crippen LogP contribution in [0.5, 0.6) is 5.75 Å². The summed E-state index contributed by atoms with van der Waals surface area (Å²) in [5, 5.41) is 37.6. The SMILES string of the molecule is Cc1nc(N[C@H](C)c2ccccc2OC(F)(F)F)nc(N[C@@H]2C[C@H](CO)[C@@H](O)[C@H]2O)c1-c1nc2c(C)nccc2s1. The molecule has 41 heavy (non-hydrogen) atoms. The van der Waals surface area contributed by atoms with Crippen LogP contribution in [-0.4, -0.2) is 66.5 Å². The van der Waals surface area contributed by atoms with Crippen molar-refractivity contribution in [3.63, 3.8) is 0 Å². The molecule has 0 radical (unpaired) electrons. The Morgan fingerprint density at radius 2 is 1.83 bits per heavy atom. The standard InChI is InChI=1S/C27H29F3N6O4S/c1-12(16-6-4-5-7-18(16)40-27(28,29)30)32-26-33-13(2)20(25-35-21-14(3)31-9-8-19(21)41-25)24(36-26)34-17-10-15(11-37)22(38)23(17)39/h4-9,12,15,17,22-23,37-39H,10-11H2,1-3H3,(H2,32,33,34,36)/t12-,15-,17-,22-,23+/m1/s1. The lowest BCUT2D eigenvalue weighted by Gasteiger charge is -2.23. The van der Waals surface area contributed by atoms with Crippen molar-refractivity contribution in [1.29, 1.82) is 0 Å². The quantitative estimate of drug-likeness (QED) is 0.201. The van der Waals surface area contributed by atoms with Crippen molar-refractivity contribution < 1.29 is 33.2 Å². The van der Waals surface area contributed by atoms with Gasteiger partial charge in [-0.2, -0.15) is 4.98 Å². The number of aliphatic hydroxyl groups excluding tert-OH is 3. The van der Waals surface area contributed by atoms with Gasteiger partial charge in [0.2, 0.25) is 5.95 Å². The van der Waals surface area contributed by atoms with E-state index in [4.69, 9.17) is 4.98 Å². The van der Waals surface area contributed by atoms with E-state index in [-0.39, 0.29) is 30.3 Å². The van der Waals surface area contributed by atoms with Gasteiger partial charge in [0.15, 0.2) is 0 Å². The zero-order valence-electron chi connectivity index (χ0n) is 22.3. The molecule has 14 heteroatoms. The Kier molecular flexibility index (Phi) is 8.01. The fraction of sp³-hybridized carbons (Fsp3) is 0.407. The van der Waals surface area contributed by atoms with Gasteiger partial charge in [-0.3, -0.25) is 4.98 Å². The van der Waals surface area contributed by atoms with Crippen molar-refractivity contribution in [2.24, 2.45) is 5.92 Å². The van der Waals surface area contributed by atoms with E-state index >= 15 is 0 Å². The van der Waals surface area contributed by atoms with Gasteiger partial charge in [-0.1, -0.05) is 18.2 Å². The fourth-order valence-corrected chi connectivity index (χ4v) is 6.15. The third kappa shape index (κ3) is 6.05. The highest BCUT2D eigenvalue weighted by molar-refractivity contribution is 7.21. The van der Waals surface area contributed by atoms with Crippen LogP contribution in [0.1, 0.15) is 36.3 Å². The van der Waals surface area contributed by atoms with Gasteiger partial charge in [0.1, 0.15) is 28.2 Å². The van der Waals surface area contributed by atoms with Crippen LogP contribution in [-0.2, 0) is 0 Å². The van der Waals surface area contributed by atoms with Crippen molar-refractivity contribution in [2.75, 3.05) is 17.2 Å². The first-order valence-corrected chi connectivity index (χ1v) is 13.7. The van der Waals surface area contributed by atoms with Crippen LogP contribution in [0.3, 0.4) is 0 Å². The minimum atomic E-state index is -4.86. The van der Waals surface area contributed by atoms with Gasteiger partial charge in [0.05, 0.1) is 39.8 Å². The molecule has 5 atom stereocenters. The van der Waals surface area contributed by atoms with E-state index in [1.807, 2.05) is 13.0 Å². The number of rotatable bonds is 8. The monoisotopic (exact) mass is 590 g/mol. The molecule has 0 bridgehead atoms. The Hall–Kier alpha value is -3.59. The van der Waals surface area contributed by atoms with Crippen molar-refractivity contribution in [3.8, 4) is 16.3 Å². The molecular formula is C27H29F3N6O4S. The summed E-state index contributed by atoms with van der Waals surface area (Å²) in [6, 6.07) is 6.34. The van der Waals surface area contributed by atoms with Crippen LogP contribution in [0.25, 0.3) is 20.8 Å². The second kappa shape index (κ2) is 11.4. The molecule has 5 rings (SSSR count). The highest BCUT2D eigenvalue weighted by Gasteiger charge is 2.41. The number of alkyl halides is 3. The van der Waals surface area contributed by atoms with Gasteiger partial charge in [0.25, 0.3) is 0 Å². The van der Waals surface area contributed by atoms with Crippen LogP contribution in [0.4, 0.5) is 24.9 Å². The molecule has 0 unspecified atom stereocenters. The van der Waals surface area contributed by atoms with Gasteiger partial charge in [-0.15, -0.1) is 24.5 Å². The van der Waals surface area contributed by atoms with Crippen molar-refractivity contribution in [1.82, 2.24) is 19.9 Å². The molecule has 0 aliphatic heterocycles. The van der Waals surface area contributed by atoms with E-state index in [2.05, 4.69) is 30.3 Å². The summed E-state index contributed by atoms with van der Waals surface area (Å²) in [5.74, 6) is -0.434. The van der Waals surface area contributed by atoms with E-state index < -0.39 is 36.6 Å². The lowest BCUT2D eigenvalue weighted by Crippen LogP contribution is -2.35. The number of aliphatic hydroxyl groups is 3. The average molecular weight is 591 g/mol. The second-order valence-corrected chi connectivity index (χ2v) is 11.0. The van der Waals surface area contributed by atoms with E-state index in [0.29, 0.717) is 22.1 Å². The molecule has 3 aromatic heterocycles. The molecule has 10 nitrogen and oxygen atoms in total. The van der Waals surface area contributed by atoms with Gasteiger partial charge in [0, 0.05) is 24.3 Å². The third-order valence-corrected chi connectivity index (χ3v) is 8.15. The van der Waals surface area contributed by atoms with Gasteiger partial charge < -0.3 is 30.7 Å². The number of halogens is 3. The van der Waals surface area contributed by atoms with E-state index in [1.165, 1.54) is 29.5 Å². The van der Waals surface area contributed by atoms with Crippen molar-refractivity contribution in [2.45, 2.75) is 57.8 Å². The summed E-state index contributed by atoms with van der Waals surface area (Å²) in [6.07, 6.45) is -5.17. The molecule has 1 aromatic carbocycles. The summed E-state index contributed by atoms with van der Waals surface area (Å²) >= 11 is 1.41. The number of nitrogens with one attached hydrogen (secondary N) is 2. The highest BCUT2D eigenvalue weighted by Crippen LogP contribution is 2.39. The minimum Gasteiger partial charge on any atom is -0.405 e. The zero-order valence-corrected chi connectivity index (χ0v) is 23.2. The summed E-state index contributed by atoms with van der Waals surface area (Å²) < 4.78 is 44.1. The number of ether oxygens (including phenoxy) is 1. The molecule has 1 saturated carbocycles. The molecule has 5 N–H and O–H groups in total. The predicted molar refractivity (Wildman–Crippen MR) is 148 cm³/mol. The molecule has 4 aromatic rings. The van der Waals surface area contributed by atoms with E-state index in [1.54, 1.807) is 26.1 Å². The van der Waals surface area contributed by atoms with Crippen LogP contribution < -0.4 is 15.4 Å². The molecule has 0 spiro atoms. The van der Waals surface area contributed by atoms with Crippen LogP contribution in [0, 0.1) is 19.8 Å². The normalized spacial score (nSPS) is 21.7. The minimum absolute atomic E-state index is 0.119. The first-order valence-electron chi connectivity index (χ1n) is 12.9. The van der Waals surface area contributed by atoms with Crippen molar-refractivity contribution in [3.05, 3.63) is 53.5 Å². The van der Waals surface area contributed by atoms with Crippen molar-refractivity contribution >= 4 is 33.3 Å². The Labute approximate surface area is 237 Å². The van der Waals surface area contributed by atoms with Gasteiger partial charge >= 0.3 is 6.36 Å². The Bertz CT molecular complexity index is 1550. The number of anilines is 2. The number of benzene rings is 1. The van der Waals surface area contributed by atoms with Crippen LogP contribution in [0.15, 0.2) is 36.5 Å². The third-order valence-electron chi connectivity index (χ3n) is 7.11. The number of aryl methyl sites for hydroxylation is 2. The lowest BCUT2D eigenvalue weighted by molar-refractivity contribution is -0.274. The van der Waals surface area contributed by atoms with Crippen LogP contribution >= 0.6 is 11.3 Å². The molecule has 0 saturated heterocycles. The second-order valence-electron chi connectivity index (χ2n) is 9.98. The molecule has 218 valence electrons. The number of aromatic nitrogens is 4. The average Bonchev–Trinajstić information content (AvgIpc) is 3.45. The number of hydrogen-bond acceptors (Lipinski definition) is 11. The molecular weight excluding hydrogens is 561 g/mol. The molecule has 3 heterocycles. The molecule has 1 fully saturated rings. The van der Waals surface area contributed by atoms with Crippen LogP contribution in [0.2, 0.25) is 0 Å². The predicted octanol–water partition coefficient (Wildman–Crippen LogP) is 4.35. The molecule has 1 aliphatic carbocycles. The largest absolute Gasteiger partial charge is 0.573 e. The summed E-state index contributed by atoms with van der Waals surface area (Å²) in [7, 11) is 0. The zero-order chi connectivity index (χ0) is 29.5. The number of hydrogen-bond donors (Lipinski definition) is 5. The summed E-state index contributed by atoms with van der Waals surface area (Å²) in [6.45, 7) is 4.98. The maximum absolute atomic E-state index is 13.0. The Morgan fingerprint density at radius 3 is 2.51 bits per heavy atom. The number of para-hydroxylation sites is 1. The summed E-state index contributed by atoms with van der Waals surface area (Å²) in [4.78, 5) is 18.3. The Balaban J connectivity index is 1.54. The first-order chi connectivity index (χ1) is 19.4. The van der Waals surface area contributed by atoms with E-state index in [0.717, 1.165) is 15.9 Å². The maximum atomic E-state index is 13.0. The topological polar surface area (TPSA) is 146 Å².